The van der Waals surface area contributed by atoms with Gasteiger partial charge in [-0.1, -0.05) is 19.1 Å². The standard InChI is InChI=1S/C17H27N3O/c1-4-20-11-7-8-14(12-20)19-17(21)15-9-5-6-10-16(15)18-13(2)3/h5-6,9-10,13-14,18H,4,7-8,11-12H2,1-3H3,(H,19,21). The van der Waals surface area contributed by atoms with Gasteiger partial charge < -0.3 is 15.5 Å². The Balaban J connectivity index is 2.03. The van der Waals surface area contributed by atoms with Crippen LogP contribution in [0.3, 0.4) is 0 Å². The number of likely N-dealkylation sites (N-methyl/N-ethyl adjacent to an activating group) is 1. The van der Waals surface area contributed by atoms with Gasteiger partial charge in [-0.05, 0) is 51.9 Å². The lowest BCUT2D eigenvalue weighted by Gasteiger charge is -2.32. The summed E-state index contributed by atoms with van der Waals surface area (Å²) in [5.41, 5.74) is 1.65. The van der Waals surface area contributed by atoms with Gasteiger partial charge in [-0.3, -0.25) is 4.79 Å². The number of rotatable bonds is 5. The molecule has 1 atom stereocenters. The molecule has 0 spiro atoms. The van der Waals surface area contributed by atoms with E-state index in [-0.39, 0.29) is 11.9 Å². The fourth-order valence-electron chi connectivity index (χ4n) is 2.84. The zero-order valence-corrected chi connectivity index (χ0v) is 13.4. The Morgan fingerprint density at radius 1 is 1.38 bits per heavy atom. The monoisotopic (exact) mass is 289 g/mol. The van der Waals surface area contributed by atoms with E-state index in [1.165, 1.54) is 0 Å². The molecule has 0 saturated carbocycles. The molecule has 1 saturated heterocycles. The first-order valence-corrected chi connectivity index (χ1v) is 7.99. The van der Waals surface area contributed by atoms with Gasteiger partial charge in [-0.25, -0.2) is 0 Å². The number of carbonyl (C=O) groups is 1. The topological polar surface area (TPSA) is 44.4 Å². The highest BCUT2D eigenvalue weighted by atomic mass is 16.1. The molecule has 0 radical (unpaired) electrons. The van der Waals surface area contributed by atoms with Crippen molar-refractivity contribution in [2.75, 3.05) is 25.0 Å². The highest BCUT2D eigenvalue weighted by molar-refractivity contribution is 5.99. The van der Waals surface area contributed by atoms with E-state index >= 15 is 0 Å². The van der Waals surface area contributed by atoms with Gasteiger partial charge in [0.15, 0.2) is 0 Å². The van der Waals surface area contributed by atoms with E-state index < -0.39 is 0 Å². The summed E-state index contributed by atoms with van der Waals surface area (Å²) in [4.78, 5) is 14.9. The van der Waals surface area contributed by atoms with Crippen molar-refractivity contribution in [3.05, 3.63) is 29.8 Å². The molecule has 1 unspecified atom stereocenters. The zero-order chi connectivity index (χ0) is 15.2. The number of hydrogen-bond donors (Lipinski definition) is 2. The van der Waals surface area contributed by atoms with Crippen molar-refractivity contribution in [1.82, 2.24) is 10.2 Å². The Hall–Kier alpha value is -1.55. The number of anilines is 1. The summed E-state index contributed by atoms with van der Waals surface area (Å²) in [5.74, 6) is 0.0294. The lowest BCUT2D eigenvalue weighted by Crippen LogP contribution is -2.47. The number of benzene rings is 1. The van der Waals surface area contributed by atoms with E-state index in [9.17, 15) is 4.79 Å². The number of nitrogens with one attached hydrogen (secondary N) is 2. The van der Waals surface area contributed by atoms with Crippen molar-refractivity contribution in [2.45, 2.75) is 45.7 Å². The number of piperidine rings is 1. The second-order valence-corrected chi connectivity index (χ2v) is 6.05. The zero-order valence-electron chi connectivity index (χ0n) is 13.4. The third-order valence-corrected chi connectivity index (χ3v) is 3.90. The molecule has 4 heteroatoms. The van der Waals surface area contributed by atoms with Crippen LogP contribution in [0.4, 0.5) is 5.69 Å². The van der Waals surface area contributed by atoms with Crippen molar-refractivity contribution >= 4 is 11.6 Å². The Kier molecular flexibility index (Phi) is 5.62. The van der Waals surface area contributed by atoms with Crippen molar-refractivity contribution < 1.29 is 4.79 Å². The summed E-state index contributed by atoms with van der Waals surface area (Å²) in [6.07, 6.45) is 2.23. The van der Waals surface area contributed by atoms with Gasteiger partial charge in [0, 0.05) is 24.3 Å². The maximum atomic E-state index is 12.5. The molecule has 4 nitrogen and oxygen atoms in total. The maximum Gasteiger partial charge on any atom is 0.253 e. The lowest BCUT2D eigenvalue weighted by molar-refractivity contribution is 0.0906. The van der Waals surface area contributed by atoms with E-state index in [0.29, 0.717) is 6.04 Å². The summed E-state index contributed by atoms with van der Waals surface area (Å²) in [5, 5.41) is 6.53. The Bertz CT molecular complexity index is 473. The van der Waals surface area contributed by atoms with Gasteiger partial charge in [0.25, 0.3) is 5.91 Å². The predicted molar refractivity (Wildman–Crippen MR) is 87.8 cm³/mol. The van der Waals surface area contributed by atoms with Crippen LogP contribution >= 0.6 is 0 Å². The van der Waals surface area contributed by atoms with Crippen LogP contribution < -0.4 is 10.6 Å². The molecule has 0 aromatic heterocycles. The summed E-state index contributed by atoms with van der Waals surface area (Å²) in [6.45, 7) is 9.49. The average molecular weight is 289 g/mol. The average Bonchev–Trinajstić information content (AvgIpc) is 2.47. The first-order valence-electron chi connectivity index (χ1n) is 7.99. The van der Waals surface area contributed by atoms with Crippen molar-refractivity contribution in [3.8, 4) is 0 Å². The number of likely N-dealkylation sites (tertiary alicyclic amines) is 1. The first kappa shape index (κ1) is 15.8. The molecule has 1 aromatic rings. The highest BCUT2D eigenvalue weighted by Crippen LogP contribution is 2.17. The number of amides is 1. The number of nitrogens with zero attached hydrogens (tertiary/aromatic N) is 1. The SMILES string of the molecule is CCN1CCCC(NC(=O)c2ccccc2NC(C)C)C1. The van der Waals surface area contributed by atoms with Crippen LogP contribution in [0, 0.1) is 0 Å². The van der Waals surface area contributed by atoms with Gasteiger partial charge in [-0.2, -0.15) is 0 Å². The van der Waals surface area contributed by atoms with E-state index in [4.69, 9.17) is 0 Å². The fraction of sp³-hybridized carbons (Fsp3) is 0.588. The van der Waals surface area contributed by atoms with Crippen LogP contribution in [0.5, 0.6) is 0 Å². The third kappa shape index (κ3) is 4.46. The molecule has 1 aliphatic rings. The third-order valence-electron chi connectivity index (χ3n) is 3.90. The molecule has 0 bridgehead atoms. The second kappa shape index (κ2) is 7.46. The van der Waals surface area contributed by atoms with Crippen molar-refractivity contribution in [3.63, 3.8) is 0 Å². The van der Waals surface area contributed by atoms with Crippen LogP contribution in [-0.2, 0) is 0 Å². The normalized spacial score (nSPS) is 19.5. The molecule has 1 fully saturated rings. The molecule has 1 aliphatic heterocycles. The Labute approximate surface area is 127 Å². The quantitative estimate of drug-likeness (QED) is 0.876. The molecule has 1 aromatic carbocycles. The van der Waals surface area contributed by atoms with Crippen molar-refractivity contribution in [1.29, 1.82) is 0 Å². The van der Waals surface area contributed by atoms with Crippen LogP contribution in [0.1, 0.15) is 44.0 Å². The molecule has 2 N–H and O–H groups in total. The first-order chi connectivity index (χ1) is 10.1. The number of hydrogen-bond acceptors (Lipinski definition) is 3. The number of para-hydroxylation sites is 1. The van der Waals surface area contributed by atoms with Gasteiger partial charge in [-0.15, -0.1) is 0 Å². The van der Waals surface area contributed by atoms with Gasteiger partial charge in [0.2, 0.25) is 0 Å². The Morgan fingerprint density at radius 2 is 2.14 bits per heavy atom. The molecular formula is C17H27N3O. The molecule has 116 valence electrons. The molecule has 0 aliphatic carbocycles. The maximum absolute atomic E-state index is 12.5. The van der Waals surface area contributed by atoms with Crippen LogP contribution in [0.15, 0.2) is 24.3 Å². The predicted octanol–water partition coefficient (Wildman–Crippen LogP) is 2.72. The largest absolute Gasteiger partial charge is 0.382 e. The minimum atomic E-state index is 0.0294. The number of carbonyl (C=O) groups excluding carboxylic acids is 1. The van der Waals surface area contributed by atoms with E-state index in [2.05, 4.69) is 36.3 Å². The van der Waals surface area contributed by atoms with Gasteiger partial charge in [0.05, 0.1) is 5.56 Å². The summed E-state index contributed by atoms with van der Waals surface area (Å²) >= 11 is 0. The molecule has 1 heterocycles. The molecule has 1 amide bonds. The van der Waals surface area contributed by atoms with E-state index in [1.807, 2.05) is 24.3 Å². The van der Waals surface area contributed by atoms with Crippen molar-refractivity contribution in [2.24, 2.45) is 0 Å². The van der Waals surface area contributed by atoms with Crippen LogP contribution in [0.25, 0.3) is 0 Å². The van der Waals surface area contributed by atoms with Gasteiger partial charge in [0.1, 0.15) is 0 Å². The Morgan fingerprint density at radius 3 is 2.86 bits per heavy atom. The molecule has 2 rings (SSSR count). The van der Waals surface area contributed by atoms with Crippen LogP contribution in [-0.4, -0.2) is 42.5 Å². The van der Waals surface area contributed by atoms with E-state index in [1.54, 1.807) is 0 Å². The minimum Gasteiger partial charge on any atom is -0.382 e. The minimum absolute atomic E-state index is 0.0294. The smallest absolute Gasteiger partial charge is 0.253 e. The van der Waals surface area contributed by atoms with Crippen LogP contribution in [0.2, 0.25) is 0 Å². The summed E-state index contributed by atoms with van der Waals surface area (Å²) in [7, 11) is 0. The summed E-state index contributed by atoms with van der Waals surface area (Å²) in [6, 6.07) is 8.30. The summed E-state index contributed by atoms with van der Waals surface area (Å²) < 4.78 is 0. The fourth-order valence-corrected chi connectivity index (χ4v) is 2.84. The van der Waals surface area contributed by atoms with E-state index in [0.717, 1.165) is 43.7 Å². The molecular weight excluding hydrogens is 262 g/mol. The molecule has 21 heavy (non-hydrogen) atoms. The highest BCUT2D eigenvalue weighted by Gasteiger charge is 2.21. The lowest BCUT2D eigenvalue weighted by atomic mass is 10.0. The van der Waals surface area contributed by atoms with Gasteiger partial charge >= 0.3 is 0 Å². The second-order valence-electron chi connectivity index (χ2n) is 6.05.